The Hall–Kier alpha value is -3.77. The van der Waals surface area contributed by atoms with E-state index in [0.29, 0.717) is 21.6 Å². The van der Waals surface area contributed by atoms with E-state index in [4.69, 9.17) is 11.6 Å². The molecule has 4 aromatic rings. The zero-order valence-electron chi connectivity index (χ0n) is 16.5. The van der Waals surface area contributed by atoms with Gasteiger partial charge in [0, 0.05) is 23.0 Å². The van der Waals surface area contributed by atoms with Gasteiger partial charge in [-0.3, -0.25) is 19.6 Å². The third-order valence-electron chi connectivity index (χ3n) is 4.78. The van der Waals surface area contributed by atoms with Crippen LogP contribution in [0.4, 0.5) is 0 Å². The van der Waals surface area contributed by atoms with E-state index in [2.05, 4.69) is 20.6 Å². The minimum absolute atomic E-state index is 0.158. The maximum atomic E-state index is 12.6. The Morgan fingerprint density at radius 1 is 0.839 bits per heavy atom. The highest BCUT2D eigenvalue weighted by Gasteiger charge is 2.17. The monoisotopic (exact) mass is 430 g/mol. The number of fused-ring (bicyclic) bond motifs is 1. The Kier molecular flexibility index (Phi) is 6.19. The van der Waals surface area contributed by atoms with Gasteiger partial charge in [0.15, 0.2) is 0 Å². The number of rotatable bonds is 6. The zero-order valence-corrected chi connectivity index (χ0v) is 17.2. The molecule has 4 rings (SSSR count). The molecule has 1 heterocycles. The summed E-state index contributed by atoms with van der Waals surface area (Å²) in [5, 5.41) is 6.27. The molecule has 1 atom stereocenters. The molecule has 31 heavy (non-hydrogen) atoms. The molecule has 1 unspecified atom stereocenters. The molecule has 154 valence electrons. The first kappa shape index (κ1) is 20.5. The summed E-state index contributed by atoms with van der Waals surface area (Å²) >= 11 is 6.00. The summed E-state index contributed by atoms with van der Waals surface area (Å²) in [4.78, 5) is 33.5. The van der Waals surface area contributed by atoms with E-state index in [9.17, 15) is 9.59 Å². The molecular weight excluding hydrogens is 412 g/mol. The maximum absolute atomic E-state index is 12.6. The van der Waals surface area contributed by atoms with Crippen LogP contribution in [0.5, 0.6) is 0 Å². The fourth-order valence-corrected chi connectivity index (χ4v) is 3.36. The molecule has 0 radical (unpaired) electrons. The molecule has 0 spiro atoms. The number of nitrogens with one attached hydrogen (secondary N) is 2. The lowest BCUT2D eigenvalue weighted by Gasteiger charge is -2.20. The molecule has 2 N–H and O–H groups in total. The Morgan fingerprint density at radius 2 is 1.52 bits per heavy atom. The quantitative estimate of drug-likeness (QED) is 0.485. The normalized spacial score (nSPS) is 11.6. The van der Waals surface area contributed by atoms with E-state index in [1.165, 1.54) is 0 Å². The van der Waals surface area contributed by atoms with Crippen molar-refractivity contribution < 1.29 is 9.59 Å². The van der Waals surface area contributed by atoms with Crippen LogP contribution in [-0.4, -0.2) is 28.3 Å². The van der Waals surface area contributed by atoms with Crippen molar-refractivity contribution in [3.8, 4) is 0 Å². The van der Waals surface area contributed by atoms with Crippen LogP contribution in [0.15, 0.2) is 85.2 Å². The van der Waals surface area contributed by atoms with Crippen LogP contribution in [0, 0.1) is 0 Å². The zero-order chi connectivity index (χ0) is 21.6. The average molecular weight is 431 g/mol. The van der Waals surface area contributed by atoms with E-state index >= 15 is 0 Å². The van der Waals surface area contributed by atoms with Gasteiger partial charge in [-0.1, -0.05) is 54.1 Å². The summed E-state index contributed by atoms with van der Waals surface area (Å²) in [6.45, 7) is -0.158. The van der Waals surface area contributed by atoms with Crippen LogP contribution in [0.3, 0.4) is 0 Å². The smallest absolute Gasteiger partial charge is 0.251 e. The minimum Gasteiger partial charge on any atom is -0.344 e. The summed E-state index contributed by atoms with van der Waals surface area (Å²) in [6, 6.07) is 21.6. The molecule has 6 nitrogen and oxygen atoms in total. The molecule has 0 bridgehead atoms. The third-order valence-corrected chi connectivity index (χ3v) is 5.03. The first-order valence-electron chi connectivity index (χ1n) is 9.69. The van der Waals surface area contributed by atoms with Crippen LogP contribution in [0.2, 0.25) is 5.02 Å². The largest absolute Gasteiger partial charge is 0.344 e. The van der Waals surface area contributed by atoms with Crippen molar-refractivity contribution in [3.05, 3.63) is 107 Å². The number of nitrogens with zero attached hydrogens (tertiary/aromatic N) is 2. The molecule has 0 saturated heterocycles. The van der Waals surface area contributed by atoms with Crippen LogP contribution >= 0.6 is 11.6 Å². The fourth-order valence-electron chi connectivity index (χ4n) is 3.24. The van der Waals surface area contributed by atoms with Crippen LogP contribution in [0.25, 0.3) is 11.0 Å². The van der Waals surface area contributed by atoms with Crippen molar-refractivity contribution in [3.63, 3.8) is 0 Å². The van der Waals surface area contributed by atoms with Gasteiger partial charge in [0.1, 0.15) is 0 Å². The highest BCUT2D eigenvalue weighted by Crippen LogP contribution is 2.23. The SMILES string of the molecule is O=C(CNC(=O)c1ccc2nccnc2c1)NC(c1ccccc1)c1ccc(Cl)cc1. The number of hydrogen-bond acceptors (Lipinski definition) is 4. The fraction of sp³-hybridized carbons (Fsp3) is 0.0833. The number of carbonyl (C=O) groups excluding carboxylic acids is 2. The molecule has 0 aliphatic carbocycles. The lowest BCUT2D eigenvalue weighted by atomic mass is 9.98. The Labute approximate surface area is 184 Å². The predicted molar refractivity (Wildman–Crippen MR) is 120 cm³/mol. The third kappa shape index (κ3) is 5.05. The Balaban J connectivity index is 1.44. The Bertz CT molecular complexity index is 1210. The van der Waals surface area contributed by atoms with Crippen LogP contribution < -0.4 is 10.6 Å². The van der Waals surface area contributed by atoms with Gasteiger partial charge >= 0.3 is 0 Å². The molecule has 0 saturated carbocycles. The van der Waals surface area contributed by atoms with Gasteiger partial charge in [-0.2, -0.15) is 0 Å². The first-order valence-corrected chi connectivity index (χ1v) is 10.1. The first-order chi connectivity index (χ1) is 15.1. The van der Waals surface area contributed by atoms with Gasteiger partial charge in [0.05, 0.1) is 23.6 Å². The molecule has 7 heteroatoms. The average Bonchev–Trinajstić information content (AvgIpc) is 2.82. The van der Waals surface area contributed by atoms with Gasteiger partial charge in [-0.05, 0) is 41.5 Å². The molecule has 0 aliphatic heterocycles. The van der Waals surface area contributed by atoms with Crippen molar-refractivity contribution in [1.29, 1.82) is 0 Å². The van der Waals surface area contributed by atoms with Crippen molar-refractivity contribution in [1.82, 2.24) is 20.6 Å². The predicted octanol–water partition coefficient (Wildman–Crippen LogP) is 3.92. The van der Waals surface area contributed by atoms with E-state index in [0.717, 1.165) is 11.1 Å². The molecule has 0 aliphatic rings. The van der Waals surface area contributed by atoms with Gasteiger partial charge < -0.3 is 10.6 Å². The van der Waals surface area contributed by atoms with E-state index in [1.54, 1.807) is 42.7 Å². The molecule has 3 aromatic carbocycles. The number of benzene rings is 3. The van der Waals surface area contributed by atoms with Gasteiger partial charge in [-0.25, -0.2) is 0 Å². The van der Waals surface area contributed by atoms with Crippen molar-refractivity contribution in [2.45, 2.75) is 6.04 Å². The second kappa shape index (κ2) is 9.36. The molecule has 2 amide bonds. The summed E-state index contributed by atoms with van der Waals surface area (Å²) in [5.41, 5.74) is 3.55. The lowest BCUT2D eigenvalue weighted by Crippen LogP contribution is -2.39. The van der Waals surface area contributed by atoms with E-state index in [1.807, 2.05) is 42.5 Å². The highest BCUT2D eigenvalue weighted by atomic mass is 35.5. The number of hydrogen-bond donors (Lipinski definition) is 2. The van der Waals surface area contributed by atoms with E-state index < -0.39 is 0 Å². The van der Waals surface area contributed by atoms with E-state index in [-0.39, 0.29) is 24.4 Å². The summed E-state index contributed by atoms with van der Waals surface area (Å²) in [6.07, 6.45) is 3.16. The van der Waals surface area contributed by atoms with Gasteiger partial charge in [0.2, 0.25) is 5.91 Å². The topological polar surface area (TPSA) is 84.0 Å². The van der Waals surface area contributed by atoms with Crippen molar-refractivity contribution in [2.75, 3.05) is 6.54 Å². The molecular formula is C24H19ClN4O2. The summed E-state index contributed by atoms with van der Waals surface area (Å²) in [5.74, 6) is -0.664. The second-order valence-electron chi connectivity index (χ2n) is 6.91. The number of carbonyl (C=O) groups is 2. The van der Waals surface area contributed by atoms with Crippen LogP contribution in [0.1, 0.15) is 27.5 Å². The Morgan fingerprint density at radius 3 is 2.26 bits per heavy atom. The summed E-state index contributed by atoms with van der Waals surface area (Å²) < 4.78 is 0. The molecule has 0 fully saturated rings. The number of halogens is 1. The lowest BCUT2D eigenvalue weighted by molar-refractivity contribution is -0.120. The van der Waals surface area contributed by atoms with Gasteiger partial charge in [0.25, 0.3) is 5.91 Å². The minimum atomic E-state index is -0.362. The number of amides is 2. The maximum Gasteiger partial charge on any atom is 0.251 e. The standard InChI is InChI=1S/C24H19ClN4O2/c25-19-9-6-17(7-10-19)23(16-4-2-1-3-5-16)29-22(30)15-28-24(31)18-8-11-20-21(14-18)27-13-12-26-20/h1-14,23H,15H2,(H,28,31)(H,29,30). The second-order valence-corrected chi connectivity index (χ2v) is 7.34. The number of aromatic nitrogens is 2. The van der Waals surface area contributed by atoms with Crippen molar-refractivity contribution >= 4 is 34.4 Å². The summed E-state index contributed by atoms with van der Waals surface area (Å²) in [7, 11) is 0. The van der Waals surface area contributed by atoms with Gasteiger partial charge in [-0.15, -0.1) is 0 Å². The highest BCUT2D eigenvalue weighted by molar-refractivity contribution is 6.30. The molecule has 1 aromatic heterocycles. The van der Waals surface area contributed by atoms with Crippen molar-refractivity contribution in [2.24, 2.45) is 0 Å². The van der Waals surface area contributed by atoms with Crippen LogP contribution in [-0.2, 0) is 4.79 Å².